The van der Waals surface area contributed by atoms with Gasteiger partial charge in [0.2, 0.25) is 0 Å². The van der Waals surface area contributed by atoms with Crippen LogP contribution >= 0.6 is 0 Å². The van der Waals surface area contributed by atoms with E-state index in [1.807, 2.05) is 9.47 Å². The van der Waals surface area contributed by atoms with Gasteiger partial charge in [-0.05, 0) is 50.4 Å². The Kier molecular flexibility index (Phi) is 6.69. The van der Waals surface area contributed by atoms with Crippen LogP contribution in [0.2, 0.25) is 0 Å². The number of rotatable bonds is 8. The lowest BCUT2D eigenvalue weighted by Gasteiger charge is -2.35. The third kappa shape index (κ3) is 5.36. The Labute approximate surface area is 206 Å². The topological polar surface area (TPSA) is 87.4 Å². The number of imidazole rings is 1. The number of likely N-dealkylation sites (tertiary alicyclic amines) is 1. The highest BCUT2D eigenvalue weighted by Crippen LogP contribution is 2.36. The number of nitrogens with zero attached hydrogens (tertiary/aromatic N) is 6. The number of carbonyl (C=O) groups is 1. The molecular formula is C25H29F3N6O2. The number of carbonyl (C=O) groups excluding carboxylic acids is 1. The lowest BCUT2D eigenvalue weighted by atomic mass is 9.93. The van der Waals surface area contributed by atoms with Crippen LogP contribution in [-0.4, -0.2) is 67.1 Å². The highest BCUT2D eigenvalue weighted by molar-refractivity contribution is 5.83. The van der Waals surface area contributed by atoms with E-state index < -0.39 is 17.8 Å². The van der Waals surface area contributed by atoms with E-state index in [1.165, 1.54) is 18.5 Å². The molecular weight excluding hydrogens is 473 g/mol. The summed E-state index contributed by atoms with van der Waals surface area (Å²) in [6.45, 7) is 4.08. The number of hydrogen-bond donors (Lipinski definition) is 1. The molecule has 0 spiro atoms. The molecule has 8 nitrogen and oxygen atoms in total. The van der Waals surface area contributed by atoms with Crippen molar-refractivity contribution in [1.29, 1.82) is 0 Å². The molecule has 1 aliphatic heterocycles. The maximum absolute atomic E-state index is 13.0. The number of aromatic nitrogens is 4. The fraction of sp³-hybridized carbons (Fsp3) is 0.520. The zero-order valence-electron chi connectivity index (χ0n) is 20.0. The van der Waals surface area contributed by atoms with Crippen molar-refractivity contribution in [3.63, 3.8) is 0 Å². The van der Waals surface area contributed by atoms with Crippen molar-refractivity contribution in [3.8, 4) is 0 Å². The van der Waals surface area contributed by atoms with Crippen LogP contribution in [-0.2, 0) is 24.1 Å². The van der Waals surface area contributed by atoms with Crippen LogP contribution in [0.4, 0.5) is 19.0 Å². The van der Waals surface area contributed by atoms with E-state index in [1.54, 1.807) is 13.3 Å². The molecule has 1 saturated heterocycles. The molecule has 3 aromatic rings. The zero-order chi connectivity index (χ0) is 25.4. The van der Waals surface area contributed by atoms with Crippen molar-refractivity contribution in [2.24, 2.45) is 5.92 Å². The highest BCUT2D eigenvalue weighted by Gasteiger charge is 2.34. The summed E-state index contributed by atoms with van der Waals surface area (Å²) in [5.41, 5.74) is 1.40. The molecule has 1 N–H and O–H groups in total. The first-order valence-electron chi connectivity index (χ1n) is 12.2. The van der Waals surface area contributed by atoms with E-state index in [0.29, 0.717) is 43.2 Å². The molecule has 2 fully saturated rings. The van der Waals surface area contributed by atoms with Crippen molar-refractivity contribution in [3.05, 3.63) is 48.0 Å². The van der Waals surface area contributed by atoms with E-state index in [9.17, 15) is 23.1 Å². The molecule has 0 radical (unpaired) electrons. The lowest BCUT2D eigenvalue weighted by molar-refractivity contribution is -0.137. The van der Waals surface area contributed by atoms with Gasteiger partial charge in [0.1, 0.15) is 12.1 Å². The number of Topliss-reactive ketones (excluding diaryl/α,β-unsaturated/α-hetero) is 1. The number of aliphatic hydroxyl groups is 1. The molecule has 2 aromatic heterocycles. The quantitative estimate of drug-likeness (QED) is 0.506. The first kappa shape index (κ1) is 24.6. The fourth-order valence-electron chi connectivity index (χ4n) is 4.94. The minimum Gasteiger partial charge on any atom is -0.391 e. The van der Waals surface area contributed by atoms with Crippen LogP contribution in [0.1, 0.15) is 37.3 Å². The number of anilines is 1. The van der Waals surface area contributed by atoms with Gasteiger partial charge in [0.15, 0.2) is 17.0 Å². The first-order chi connectivity index (χ1) is 17.2. The number of hydrogen-bond acceptors (Lipinski definition) is 7. The minimum atomic E-state index is -4.36. The highest BCUT2D eigenvalue weighted by atomic mass is 19.4. The predicted molar refractivity (Wildman–Crippen MR) is 127 cm³/mol. The van der Waals surface area contributed by atoms with Gasteiger partial charge in [-0.1, -0.05) is 12.1 Å². The van der Waals surface area contributed by atoms with Crippen LogP contribution in [0.5, 0.6) is 0 Å². The Morgan fingerprint density at radius 1 is 1.14 bits per heavy atom. The van der Waals surface area contributed by atoms with Gasteiger partial charge in [-0.3, -0.25) is 9.69 Å². The van der Waals surface area contributed by atoms with Gasteiger partial charge in [-0.25, -0.2) is 15.0 Å². The number of alkyl halides is 3. The Morgan fingerprint density at radius 2 is 1.89 bits per heavy atom. The summed E-state index contributed by atoms with van der Waals surface area (Å²) >= 11 is 0. The van der Waals surface area contributed by atoms with Gasteiger partial charge in [0, 0.05) is 31.6 Å². The number of β-amino-alcohol motifs (C(OH)–C–C–N with tert-alkyl or cyclic N) is 1. The second-order valence-electron chi connectivity index (χ2n) is 9.87. The molecule has 2 atom stereocenters. The van der Waals surface area contributed by atoms with E-state index in [-0.39, 0.29) is 17.7 Å². The van der Waals surface area contributed by atoms with Gasteiger partial charge in [-0.2, -0.15) is 13.2 Å². The molecule has 11 heteroatoms. The Balaban J connectivity index is 1.34. The summed E-state index contributed by atoms with van der Waals surface area (Å²) in [7, 11) is 0. The Bertz CT molecular complexity index is 1220. The zero-order valence-corrected chi connectivity index (χ0v) is 20.0. The van der Waals surface area contributed by atoms with Crippen molar-refractivity contribution in [1.82, 2.24) is 24.4 Å². The van der Waals surface area contributed by atoms with E-state index in [2.05, 4.69) is 19.9 Å². The maximum atomic E-state index is 13.0. The Morgan fingerprint density at radius 3 is 2.53 bits per heavy atom. The molecule has 192 valence electrons. The van der Waals surface area contributed by atoms with Crippen molar-refractivity contribution < 1.29 is 23.1 Å². The van der Waals surface area contributed by atoms with Crippen LogP contribution in [0.3, 0.4) is 0 Å². The van der Waals surface area contributed by atoms with Crippen molar-refractivity contribution >= 4 is 22.8 Å². The van der Waals surface area contributed by atoms with Gasteiger partial charge in [0.25, 0.3) is 0 Å². The molecule has 3 heterocycles. The molecule has 0 amide bonds. The molecule has 0 bridgehead atoms. The summed E-state index contributed by atoms with van der Waals surface area (Å²) < 4.78 is 40.8. The SMILES string of the molecule is CC(=O)CN1CCC(Cn2cnc3c(N(Cc4ccc(C(F)(F)F)cc4)C4CC4)ncnc32)C(O)C1. The van der Waals surface area contributed by atoms with E-state index in [0.717, 1.165) is 43.5 Å². The second-order valence-corrected chi connectivity index (χ2v) is 9.87. The number of benzene rings is 1. The lowest BCUT2D eigenvalue weighted by Crippen LogP contribution is -2.46. The number of aliphatic hydroxyl groups excluding tert-OH is 1. The summed E-state index contributed by atoms with van der Waals surface area (Å²) in [5, 5.41) is 10.7. The molecule has 1 aromatic carbocycles. The smallest absolute Gasteiger partial charge is 0.391 e. The van der Waals surface area contributed by atoms with E-state index >= 15 is 0 Å². The molecule has 1 aliphatic carbocycles. The molecule has 36 heavy (non-hydrogen) atoms. The molecule has 2 aliphatic rings. The van der Waals surface area contributed by atoms with Gasteiger partial charge in [-0.15, -0.1) is 0 Å². The van der Waals surface area contributed by atoms with Gasteiger partial charge in [0.05, 0.1) is 24.5 Å². The summed E-state index contributed by atoms with van der Waals surface area (Å²) in [6.07, 6.45) is 1.01. The maximum Gasteiger partial charge on any atom is 0.416 e. The third-order valence-corrected chi connectivity index (χ3v) is 6.96. The molecule has 2 unspecified atom stereocenters. The minimum absolute atomic E-state index is 0.00991. The average Bonchev–Trinajstić information content (AvgIpc) is 3.59. The number of fused-ring (bicyclic) bond motifs is 1. The van der Waals surface area contributed by atoms with E-state index in [4.69, 9.17) is 0 Å². The van der Waals surface area contributed by atoms with Gasteiger partial charge >= 0.3 is 6.18 Å². The first-order valence-corrected chi connectivity index (χ1v) is 12.2. The number of halogens is 3. The third-order valence-electron chi connectivity index (χ3n) is 6.96. The summed E-state index contributed by atoms with van der Waals surface area (Å²) in [5.74, 6) is 0.760. The molecule has 1 saturated carbocycles. The second kappa shape index (κ2) is 9.78. The summed E-state index contributed by atoms with van der Waals surface area (Å²) in [4.78, 5) is 29.0. The predicted octanol–water partition coefficient (Wildman–Crippen LogP) is 3.29. The number of ketones is 1. The van der Waals surface area contributed by atoms with Crippen LogP contribution < -0.4 is 4.90 Å². The molecule has 5 rings (SSSR count). The largest absolute Gasteiger partial charge is 0.416 e. The van der Waals surface area contributed by atoms with Crippen molar-refractivity contribution in [2.75, 3.05) is 24.5 Å². The van der Waals surface area contributed by atoms with Crippen LogP contribution in [0.25, 0.3) is 11.2 Å². The standard InChI is InChI=1S/C25H29F3N6O2/c1-16(35)10-32-9-8-18(21(36)13-32)12-33-15-31-22-23(33)29-14-30-24(22)34(20-6-7-20)11-17-2-4-19(5-3-17)25(26,27)28/h2-5,14-15,18,20-21,36H,6-13H2,1H3. The monoisotopic (exact) mass is 502 g/mol. The number of piperidine rings is 1. The fourth-order valence-corrected chi connectivity index (χ4v) is 4.94. The van der Waals surface area contributed by atoms with Crippen LogP contribution in [0, 0.1) is 5.92 Å². The normalized spacial score (nSPS) is 21.1. The summed E-state index contributed by atoms with van der Waals surface area (Å²) in [6, 6.07) is 5.49. The Hall–Kier alpha value is -3.05. The van der Waals surface area contributed by atoms with Crippen LogP contribution in [0.15, 0.2) is 36.9 Å². The van der Waals surface area contributed by atoms with Crippen molar-refractivity contribution in [2.45, 2.75) is 57.6 Å². The average molecular weight is 503 g/mol. The van der Waals surface area contributed by atoms with Gasteiger partial charge < -0.3 is 14.6 Å².